The zero-order chi connectivity index (χ0) is 20.4. The minimum Gasteiger partial charge on any atom is -0.454 e. The number of hydrogen-bond acceptors (Lipinski definition) is 4. The van der Waals surface area contributed by atoms with Crippen molar-refractivity contribution in [1.29, 1.82) is 0 Å². The van der Waals surface area contributed by atoms with Gasteiger partial charge in [-0.2, -0.15) is 0 Å². The van der Waals surface area contributed by atoms with Gasteiger partial charge in [-0.25, -0.2) is 0 Å². The van der Waals surface area contributed by atoms with Crippen LogP contribution in [0.1, 0.15) is 31.8 Å². The lowest BCUT2D eigenvalue weighted by Crippen LogP contribution is -2.15. The molecule has 0 atom stereocenters. The van der Waals surface area contributed by atoms with Gasteiger partial charge in [0.15, 0.2) is 11.5 Å². The van der Waals surface area contributed by atoms with Crippen LogP contribution in [0.15, 0.2) is 60.7 Å². The first-order valence-corrected chi connectivity index (χ1v) is 9.20. The van der Waals surface area contributed by atoms with Crippen LogP contribution in [-0.4, -0.2) is 18.6 Å². The smallest absolute Gasteiger partial charge is 0.255 e. The summed E-state index contributed by atoms with van der Waals surface area (Å²) < 4.78 is 10.6. The van der Waals surface area contributed by atoms with Gasteiger partial charge in [0.2, 0.25) is 6.79 Å². The van der Waals surface area contributed by atoms with Crippen LogP contribution in [-0.2, 0) is 0 Å². The average molecular weight is 388 g/mol. The molecule has 0 aliphatic carbocycles. The number of carbonyl (C=O) groups excluding carboxylic acids is 2. The van der Waals surface area contributed by atoms with Gasteiger partial charge in [-0.1, -0.05) is 12.1 Å². The van der Waals surface area contributed by atoms with Crippen molar-refractivity contribution in [3.05, 3.63) is 82.9 Å². The Hall–Kier alpha value is -3.80. The number of rotatable bonds is 4. The largest absolute Gasteiger partial charge is 0.454 e. The molecule has 0 bridgehead atoms. The number of fused-ring (bicyclic) bond motifs is 1. The summed E-state index contributed by atoms with van der Waals surface area (Å²) >= 11 is 0. The van der Waals surface area contributed by atoms with E-state index in [1.165, 1.54) is 0 Å². The highest BCUT2D eigenvalue weighted by Crippen LogP contribution is 2.34. The van der Waals surface area contributed by atoms with Crippen LogP contribution in [0.4, 0.5) is 11.4 Å². The van der Waals surface area contributed by atoms with Gasteiger partial charge in [0.1, 0.15) is 0 Å². The van der Waals surface area contributed by atoms with Crippen molar-refractivity contribution in [2.45, 2.75) is 13.8 Å². The Balaban J connectivity index is 1.43. The Morgan fingerprint density at radius 3 is 2.17 bits per heavy atom. The molecule has 0 saturated heterocycles. The molecular formula is C23H20N2O4. The monoisotopic (exact) mass is 388 g/mol. The van der Waals surface area contributed by atoms with Crippen LogP contribution in [0.2, 0.25) is 0 Å². The summed E-state index contributed by atoms with van der Waals surface area (Å²) in [6, 6.07) is 17.5. The molecule has 2 amide bonds. The Labute approximate surface area is 168 Å². The summed E-state index contributed by atoms with van der Waals surface area (Å²) in [5.74, 6) is 0.759. The Morgan fingerprint density at radius 2 is 1.45 bits per heavy atom. The lowest BCUT2D eigenvalue weighted by atomic mass is 10.1. The fourth-order valence-electron chi connectivity index (χ4n) is 3.03. The molecule has 0 saturated carbocycles. The molecule has 2 N–H and O–H groups in total. The minimum absolute atomic E-state index is 0.179. The van der Waals surface area contributed by atoms with Gasteiger partial charge in [-0.3, -0.25) is 9.59 Å². The van der Waals surface area contributed by atoms with Crippen molar-refractivity contribution >= 4 is 23.2 Å². The molecule has 29 heavy (non-hydrogen) atoms. The first-order valence-electron chi connectivity index (χ1n) is 9.20. The highest BCUT2D eigenvalue weighted by Gasteiger charge is 2.15. The number of hydrogen-bond donors (Lipinski definition) is 2. The third-order valence-electron chi connectivity index (χ3n) is 4.89. The quantitative estimate of drug-likeness (QED) is 0.688. The molecule has 0 aromatic heterocycles. The van der Waals surface area contributed by atoms with E-state index in [2.05, 4.69) is 10.6 Å². The second-order valence-corrected chi connectivity index (χ2v) is 6.80. The van der Waals surface area contributed by atoms with Crippen molar-refractivity contribution < 1.29 is 19.1 Å². The minimum atomic E-state index is -0.273. The summed E-state index contributed by atoms with van der Waals surface area (Å²) in [6.45, 7) is 4.14. The average Bonchev–Trinajstić information content (AvgIpc) is 3.19. The van der Waals surface area contributed by atoms with Crippen molar-refractivity contribution in [1.82, 2.24) is 0 Å². The van der Waals surface area contributed by atoms with E-state index in [9.17, 15) is 9.59 Å². The second kappa shape index (κ2) is 7.67. The van der Waals surface area contributed by atoms with Crippen molar-refractivity contribution in [3.63, 3.8) is 0 Å². The summed E-state index contributed by atoms with van der Waals surface area (Å²) in [6.07, 6.45) is 0. The molecule has 6 heteroatoms. The predicted molar refractivity (Wildman–Crippen MR) is 111 cm³/mol. The molecule has 146 valence electrons. The lowest BCUT2D eigenvalue weighted by molar-refractivity contribution is 0.101. The van der Waals surface area contributed by atoms with E-state index in [1.807, 2.05) is 32.0 Å². The summed E-state index contributed by atoms with van der Waals surface area (Å²) in [5, 5.41) is 5.73. The van der Waals surface area contributed by atoms with Crippen molar-refractivity contribution in [2.24, 2.45) is 0 Å². The molecule has 0 radical (unpaired) electrons. The van der Waals surface area contributed by atoms with Crippen LogP contribution in [0, 0.1) is 13.8 Å². The van der Waals surface area contributed by atoms with Gasteiger partial charge in [-0.15, -0.1) is 0 Å². The van der Waals surface area contributed by atoms with Crippen LogP contribution < -0.4 is 20.1 Å². The molecule has 3 aromatic carbocycles. The standard InChI is InChI=1S/C23H20N2O4/c1-14-4-3-5-19(15(14)2)25-23(27)17-8-6-16(7-9-17)22(26)24-18-10-11-20-21(12-18)29-13-28-20/h3-12H,13H2,1-2H3,(H,24,26)(H,25,27). The highest BCUT2D eigenvalue weighted by molar-refractivity contribution is 6.07. The van der Waals surface area contributed by atoms with Gasteiger partial charge < -0.3 is 20.1 Å². The van der Waals surface area contributed by atoms with Crippen molar-refractivity contribution in [3.8, 4) is 11.5 Å². The zero-order valence-corrected chi connectivity index (χ0v) is 16.1. The Morgan fingerprint density at radius 1 is 0.793 bits per heavy atom. The van der Waals surface area contributed by atoms with Gasteiger partial charge in [0.05, 0.1) is 0 Å². The maximum Gasteiger partial charge on any atom is 0.255 e. The molecule has 1 aliphatic rings. The number of benzene rings is 3. The maximum atomic E-state index is 12.5. The van der Waals surface area contributed by atoms with Gasteiger partial charge >= 0.3 is 0 Å². The first kappa shape index (κ1) is 18.6. The molecule has 4 rings (SSSR count). The number of anilines is 2. The third-order valence-corrected chi connectivity index (χ3v) is 4.89. The molecule has 0 unspecified atom stereocenters. The summed E-state index contributed by atoms with van der Waals surface area (Å²) in [4.78, 5) is 25.0. The van der Waals surface area contributed by atoms with Gasteiger partial charge in [0.25, 0.3) is 11.8 Å². The summed E-state index contributed by atoms with van der Waals surface area (Å²) in [5.41, 5.74) is 4.45. The normalized spacial score (nSPS) is 11.8. The maximum absolute atomic E-state index is 12.5. The topological polar surface area (TPSA) is 76.7 Å². The van der Waals surface area contributed by atoms with E-state index in [0.717, 1.165) is 16.8 Å². The Bertz CT molecular complexity index is 1090. The van der Waals surface area contributed by atoms with Crippen LogP contribution >= 0.6 is 0 Å². The zero-order valence-electron chi connectivity index (χ0n) is 16.1. The number of ether oxygens (including phenoxy) is 2. The molecule has 6 nitrogen and oxygen atoms in total. The van der Waals surface area contributed by atoms with Crippen LogP contribution in [0.25, 0.3) is 0 Å². The third kappa shape index (κ3) is 3.91. The van der Waals surface area contributed by atoms with E-state index >= 15 is 0 Å². The Kier molecular flexibility index (Phi) is 4.91. The van der Waals surface area contributed by atoms with Gasteiger partial charge in [-0.05, 0) is 67.4 Å². The van der Waals surface area contributed by atoms with E-state index in [1.54, 1.807) is 42.5 Å². The predicted octanol–water partition coefficient (Wildman–Crippen LogP) is 4.54. The fraction of sp³-hybridized carbons (Fsp3) is 0.130. The van der Waals surface area contributed by atoms with Crippen molar-refractivity contribution in [2.75, 3.05) is 17.4 Å². The highest BCUT2D eigenvalue weighted by atomic mass is 16.7. The van der Waals surface area contributed by atoms with E-state index in [-0.39, 0.29) is 18.6 Å². The molecule has 1 aliphatic heterocycles. The number of amides is 2. The number of nitrogens with one attached hydrogen (secondary N) is 2. The van der Waals surface area contributed by atoms with Crippen LogP contribution in [0.5, 0.6) is 11.5 Å². The lowest BCUT2D eigenvalue weighted by Gasteiger charge is -2.11. The van der Waals surface area contributed by atoms with E-state index < -0.39 is 0 Å². The second-order valence-electron chi connectivity index (χ2n) is 6.80. The number of aryl methyl sites for hydroxylation is 1. The SMILES string of the molecule is Cc1cccc(NC(=O)c2ccc(C(=O)Nc3ccc4c(c3)OCO4)cc2)c1C. The van der Waals surface area contributed by atoms with Gasteiger partial charge in [0, 0.05) is 28.6 Å². The molecule has 0 fully saturated rings. The summed E-state index contributed by atoms with van der Waals surface area (Å²) in [7, 11) is 0. The molecule has 0 spiro atoms. The molecule has 3 aromatic rings. The molecular weight excluding hydrogens is 368 g/mol. The van der Waals surface area contributed by atoms with E-state index in [4.69, 9.17) is 9.47 Å². The first-order chi connectivity index (χ1) is 14.0. The number of carbonyl (C=O) groups is 2. The fourth-order valence-corrected chi connectivity index (χ4v) is 3.03. The van der Waals surface area contributed by atoms with E-state index in [0.29, 0.717) is 28.3 Å². The molecule has 1 heterocycles. The van der Waals surface area contributed by atoms with Crippen LogP contribution in [0.3, 0.4) is 0 Å².